The van der Waals surface area contributed by atoms with Crippen LogP contribution in [0, 0.1) is 0 Å². The van der Waals surface area contributed by atoms with E-state index in [9.17, 15) is 4.79 Å². The standard InChI is InChI=1S/C5H11NO3S/c1-3(7)4(5(8)9)6-10-2/h3-4,6-7H,1-2H3,(H,8,9)/t3-,4-/m0/s1. The van der Waals surface area contributed by atoms with Crippen LogP contribution in [-0.2, 0) is 4.79 Å². The van der Waals surface area contributed by atoms with E-state index in [0.29, 0.717) is 0 Å². The summed E-state index contributed by atoms with van der Waals surface area (Å²) in [6, 6.07) is -0.880. The molecule has 0 spiro atoms. The molecule has 10 heavy (non-hydrogen) atoms. The fourth-order valence-electron chi connectivity index (χ4n) is 0.482. The van der Waals surface area contributed by atoms with E-state index in [1.165, 1.54) is 18.9 Å². The van der Waals surface area contributed by atoms with Gasteiger partial charge in [-0.25, -0.2) is 4.72 Å². The van der Waals surface area contributed by atoms with E-state index < -0.39 is 18.1 Å². The Labute approximate surface area is 63.8 Å². The predicted octanol–water partition coefficient (Wildman–Crippen LogP) is -0.312. The lowest BCUT2D eigenvalue weighted by molar-refractivity contribution is -0.141. The van der Waals surface area contributed by atoms with Gasteiger partial charge >= 0.3 is 5.97 Å². The van der Waals surface area contributed by atoms with Gasteiger partial charge in [-0.05, 0) is 13.2 Å². The summed E-state index contributed by atoms with van der Waals surface area (Å²) >= 11 is 1.18. The summed E-state index contributed by atoms with van der Waals surface area (Å²) in [7, 11) is 0. The molecule has 0 aromatic rings. The molecule has 0 unspecified atom stereocenters. The third-order valence-corrected chi connectivity index (χ3v) is 1.48. The van der Waals surface area contributed by atoms with E-state index >= 15 is 0 Å². The van der Waals surface area contributed by atoms with Crippen molar-refractivity contribution in [3.63, 3.8) is 0 Å². The van der Waals surface area contributed by atoms with E-state index in [1.807, 2.05) is 0 Å². The van der Waals surface area contributed by atoms with Crippen LogP contribution in [0.25, 0.3) is 0 Å². The van der Waals surface area contributed by atoms with Gasteiger partial charge in [0.15, 0.2) is 0 Å². The highest BCUT2D eigenvalue weighted by molar-refractivity contribution is 7.96. The van der Waals surface area contributed by atoms with Crippen molar-refractivity contribution in [2.45, 2.75) is 19.1 Å². The maximum absolute atomic E-state index is 10.3. The minimum Gasteiger partial charge on any atom is -0.480 e. The number of aliphatic carboxylic acids is 1. The van der Waals surface area contributed by atoms with Crippen LogP contribution in [-0.4, -0.2) is 34.6 Å². The van der Waals surface area contributed by atoms with Crippen LogP contribution in [0.2, 0.25) is 0 Å². The lowest BCUT2D eigenvalue weighted by Crippen LogP contribution is -2.41. The van der Waals surface area contributed by atoms with Crippen molar-refractivity contribution in [3.05, 3.63) is 0 Å². The minimum absolute atomic E-state index is 0.870. The molecule has 0 aliphatic carbocycles. The molecule has 0 saturated heterocycles. The van der Waals surface area contributed by atoms with Crippen LogP contribution in [0.1, 0.15) is 6.92 Å². The first kappa shape index (κ1) is 9.74. The Hall–Kier alpha value is -0.260. The van der Waals surface area contributed by atoms with E-state index in [1.54, 1.807) is 6.26 Å². The normalized spacial score (nSPS) is 16.3. The van der Waals surface area contributed by atoms with Gasteiger partial charge in [-0.2, -0.15) is 0 Å². The molecule has 60 valence electrons. The smallest absolute Gasteiger partial charge is 0.324 e. The average molecular weight is 165 g/mol. The summed E-state index contributed by atoms with van der Waals surface area (Å²) < 4.78 is 2.55. The molecule has 2 atom stereocenters. The van der Waals surface area contributed by atoms with Crippen LogP contribution >= 0.6 is 11.9 Å². The average Bonchev–Trinajstić information content (AvgIpc) is 1.81. The molecule has 4 nitrogen and oxygen atoms in total. The number of carboxylic acids is 1. The topological polar surface area (TPSA) is 69.6 Å². The molecular formula is C5H11NO3S. The summed E-state index contributed by atoms with van der Waals surface area (Å²) in [5.41, 5.74) is 0. The van der Waals surface area contributed by atoms with Crippen LogP contribution in [0.5, 0.6) is 0 Å². The summed E-state index contributed by atoms with van der Waals surface area (Å²) in [5, 5.41) is 17.3. The van der Waals surface area contributed by atoms with Crippen LogP contribution < -0.4 is 4.72 Å². The van der Waals surface area contributed by atoms with E-state index in [2.05, 4.69) is 4.72 Å². The number of rotatable bonds is 4. The Morgan fingerprint density at radius 2 is 2.20 bits per heavy atom. The van der Waals surface area contributed by atoms with Crippen molar-refractivity contribution in [2.24, 2.45) is 0 Å². The Morgan fingerprint density at radius 3 is 2.30 bits per heavy atom. The number of hydrogen-bond acceptors (Lipinski definition) is 4. The predicted molar refractivity (Wildman–Crippen MR) is 39.8 cm³/mol. The quantitative estimate of drug-likeness (QED) is 0.498. The largest absolute Gasteiger partial charge is 0.480 e. The number of carbonyl (C=O) groups is 1. The Morgan fingerprint density at radius 1 is 1.70 bits per heavy atom. The van der Waals surface area contributed by atoms with Gasteiger partial charge in [0.25, 0.3) is 0 Å². The van der Waals surface area contributed by atoms with Gasteiger partial charge in [-0.1, -0.05) is 11.9 Å². The zero-order valence-electron chi connectivity index (χ0n) is 5.87. The zero-order valence-corrected chi connectivity index (χ0v) is 6.68. The number of hydrogen-bond donors (Lipinski definition) is 3. The second-order valence-corrected chi connectivity index (χ2v) is 2.52. The van der Waals surface area contributed by atoms with Crippen LogP contribution in [0.4, 0.5) is 0 Å². The number of carboxylic acid groups (broad SMARTS) is 1. The molecule has 0 fully saturated rings. The molecule has 0 aromatic carbocycles. The molecule has 0 aliphatic heterocycles. The summed E-state index contributed by atoms with van der Waals surface area (Å²) in [6.07, 6.45) is 0.836. The maximum Gasteiger partial charge on any atom is 0.324 e. The molecular weight excluding hydrogens is 154 g/mol. The number of aliphatic hydroxyl groups is 1. The molecule has 0 heterocycles. The third-order valence-electron chi connectivity index (χ3n) is 0.993. The first-order valence-electron chi connectivity index (χ1n) is 2.79. The molecule has 0 rings (SSSR count). The highest BCUT2D eigenvalue weighted by atomic mass is 32.2. The van der Waals surface area contributed by atoms with Gasteiger partial charge in [0, 0.05) is 0 Å². The molecule has 0 aromatic heterocycles. The van der Waals surface area contributed by atoms with Gasteiger partial charge in [0.2, 0.25) is 0 Å². The van der Waals surface area contributed by atoms with Crippen molar-refractivity contribution < 1.29 is 15.0 Å². The van der Waals surface area contributed by atoms with Gasteiger partial charge < -0.3 is 10.2 Å². The molecule has 0 aliphatic rings. The maximum atomic E-state index is 10.3. The summed E-state index contributed by atoms with van der Waals surface area (Å²) in [6.45, 7) is 1.43. The highest BCUT2D eigenvalue weighted by Crippen LogP contribution is 1.97. The van der Waals surface area contributed by atoms with E-state index in [0.717, 1.165) is 0 Å². The zero-order chi connectivity index (χ0) is 8.15. The Kier molecular flexibility index (Phi) is 4.42. The first-order valence-corrected chi connectivity index (χ1v) is 4.01. The Bertz CT molecular complexity index is 117. The van der Waals surface area contributed by atoms with Crippen molar-refractivity contribution in [2.75, 3.05) is 6.26 Å². The molecule has 3 N–H and O–H groups in total. The molecule has 5 heteroatoms. The SMILES string of the molecule is CSN[C@H](C(=O)O)[C@H](C)O. The second-order valence-electron chi connectivity index (χ2n) is 1.88. The number of nitrogens with one attached hydrogen (secondary N) is 1. The molecule has 0 amide bonds. The molecule has 0 bridgehead atoms. The van der Waals surface area contributed by atoms with Crippen molar-refractivity contribution in [1.29, 1.82) is 0 Å². The van der Waals surface area contributed by atoms with E-state index in [-0.39, 0.29) is 0 Å². The van der Waals surface area contributed by atoms with Gasteiger partial charge in [0.1, 0.15) is 6.04 Å². The van der Waals surface area contributed by atoms with Gasteiger partial charge in [-0.15, -0.1) is 0 Å². The van der Waals surface area contributed by atoms with Gasteiger partial charge in [0.05, 0.1) is 6.10 Å². The van der Waals surface area contributed by atoms with Crippen LogP contribution in [0.3, 0.4) is 0 Å². The van der Waals surface area contributed by atoms with Crippen molar-refractivity contribution in [1.82, 2.24) is 4.72 Å². The lowest BCUT2D eigenvalue weighted by Gasteiger charge is -2.14. The van der Waals surface area contributed by atoms with E-state index in [4.69, 9.17) is 10.2 Å². The Balaban J connectivity index is 3.85. The monoisotopic (exact) mass is 165 g/mol. The first-order chi connectivity index (χ1) is 4.59. The fraction of sp³-hybridized carbons (Fsp3) is 0.800. The second kappa shape index (κ2) is 4.54. The van der Waals surface area contributed by atoms with Gasteiger partial charge in [-0.3, -0.25) is 4.79 Å². The highest BCUT2D eigenvalue weighted by Gasteiger charge is 2.21. The van der Waals surface area contributed by atoms with Crippen molar-refractivity contribution >= 4 is 17.9 Å². The summed E-state index contributed by atoms with van der Waals surface area (Å²) in [5.74, 6) is -1.04. The number of aliphatic hydroxyl groups excluding tert-OH is 1. The third kappa shape index (κ3) is 3.05. The van der Waals surface area contributed by atoms with Crippen molar-refractivity contribution in [3.8, 4) is 0 Å². The van der Waals surface area contributed by atoms with Crippen LogP contribution in [0.15, 0.2) is 0 Å². The fourth-order valence-corrected chi connectivity index (χ4v) is 1.03. The minimum atomic E-state index is -1.04. The molecule has 0 radical (unpaired) electrons. The molecule has 0 saturated carbocycles. The summed E-state index contributed by atoms with van der Waals surface area (Å²) in [4.78, 5) is 10.3. The lowest BCUT2D eigenvalue weighted by atomic mass is 10.2.